The van der Waals surface area contributed by atoms with Crippen LogP contribution in [0.4, 0.5) is 0 Å². The molecule has 0 bridgehead atoms. The highest BCUT2D eigenvalue weighted by Gasteiger charge is 2.67. The molecule has 1 saturated heterocycles. The summed E-state index contributed by atoms with van der Waals surface area (Å²) in [4.78, 5) is 0. The molecule has 0 amide bonds. The van der Waals surface area contributed by atoms with E-state index in [0.29, 0.717) is 12.2 Å². The van der Waals surface area contributed by atoms with E-state index in [4.69, 9.17) is 4.74 Å². The zero-order chi connectivity index (χ0) is 12.5. The van der Waals surface area contributed by atoms with Crippen LogP contribution in [0.2, 0.25) is 0 Å². The molecule has 0 N–H and O–H groups in total. The molecule has 1 aliphatic carbocycles. The second-order valence-corrected chi connectivity index (χ2v) is 7.02. The Labute approximate surface area is 100 Å². The number of hydrogen-bond acceptors (Lipinski definition) is 1. The number of rotatable bonds is 0. The first-order valence-corrected chi connectivity index (χ1v) is 6.41. The van der Waals surface area contributed by atoms with Crippen molar-refractivity contribution in [2.45, 2.75) is 67.6 Å². The van der Waals surface area contributed by atoms with E-state index < -0.39 is 0 Å². The zero-order valence-corrected chi connectivity index (χ0v) is 12.1. The first-order chi connectivity index (χ1) is 7.08. The van der Waals surface area contributed by atoms with Crippen molar-refractivity contribution in [2.24, 2.45) is 16.2 Å². The molecule has 0 saturated carbocycles. The third kappa shape index (κ3) is 0.971. The molecule has 1 fully saturated rings. The van der Waals surface area contributed by atoms with Crippen LogP contribution in [-0.4, -0.2) is 12.2 Å². The minimum atomic E-state index is 0.216. The van der Waals surface area contributed by atoms with Crippen LogP contribution in [-0.2, 0) is 4.74 Å². The van der Waals surface area contributed by atoms with Gasteiger partial charge in [0.2, 0.25) is 0 Å². The van der Waals surface area contributed by atoms with Crippen LogP contribution in [0, 0.1) is 16.2 Å². The van der Waals surface area contributed by atoms with E-state index in [1.807, 2.05) is 0 Å². The molecule has 1 heteroatoms. The van der Waals surface area contributed by atoms with Gasteiger partial charge in [-0.1, -0.05) is 40.2 Å². The van der Waals surface area contributed by atoms with E-state index in [-0.39, 0.29) is 16.2 Å². The Bertz CT molecular complexity index is 362. The van der Waals surface area contributed by atoms with E-state index in [1.54, 1.807) is 0 Å². The maximum atomic E-state index is 6.26. The summed E-state index contributed by atoms with van der Waals surface area (Å²) in [6, 6.07) is 0. The number of allylic oxidation sites excluding steroid dienone is 1. The lowest BCUT2D eigenvalue weighted by atomic mass is 9.53. The van der Waals surface area contributed by atoms with Gasteiger partial charge in [0.25, 0.3) is 0 Å². The molecule has 1 heterocycles. The highest BCUT2D eigenvalue weighted by molar-refractivity contribution is 5.38. The molecule has 1 aliphatic heterocycles. The Morgan fingerprint density at radius 2 is 1.50 bits per heavy atom. The van der Waals surface area contributed by atoms with Gasteiger partial charge >= 0.3 is 0 Å². The van der Waals surface area contributed by atoms with E-state index in [9.17, 15) is 0 Å². The Balaban J connectivity index is 2.63. The van der Waals surface area contributed by atoms with E-state index >= 15 is 0 Å². The molecule has 92 valence electrons. The van der Waals surface area contributed by atoms with Crippen LogP contribution >= 0.6 is 0 Å². The van der Waals surface area contributed by atoms with Crippen LogP contribution in [0.25, 0.3) is 0 Å². The monoisotopic (exact) mass is 222 g/mol. The van der Waals surface area contributed by atoms with Crippen LogP contribution in [0.15, 0.2) is 11.1 Å². The minimum absolute atomic E-state index is 0.216. The van der Waals surface area contributed by atoms with Crippen LogP contribution in [0.1, 0.15) is 55.4 Å². The lowest BCUT2D eigenvalue weighted by molar-refractivity contribution is 0.0155. The van der Waals surface area contributed by atoms with E-state index in [1.165, 1.54) is 11.1 Å². The van der Waals surface area contributed by atoms with Gasteiger partial charge in [-0.15, -0.1) is 0 Å². The van der Waals surface area contributed by atoms with Gasteiger partial charge in [0.05, 0.1) is 12.2 Å². The molecule has 0 spiro atoms. The van der Waals surface area contributed by atoms with Crippen molar-refractivity contribution in [3.05, 3.63) is 11.1 Å². The largest absolute Gasteiger partial charge is 0.370 e. The molecule has 0 aromatic heterocycles. The summed E-state index contributed by atoms with van der Waals surface area (Å²) >= 11 is 0. The van der Waals surface area contributed by atoms with Gasteiger partial charge in [-0.05, 0) is 37.2 Å². The van der Waals surface area contributed by atoms with Gasteiger partial charge in [0.1, 0.15) is 0 Å². The summed E-state index contributed by atoms with van der Waals surface area (Å²) in [7, 11) is 0. The van der Waals surface area contributed by atoms with Gasteiger partial charge in [-0.3, -0.25) is 0 Å². The molecule has 1 unspecified atom stereocenters. The van der Waals surface area contributed by atoms with E-state index in [2.05, 4.69) is 55.4 Å². The van der Waals surface area contributed by atoms with Gasteiger partial charge in [0, 0.05) is 5.41 Å². The minimum Gasteiger partial charge on any atom is -0.370 e. The molecule has 0 radical (unpaired) electrons. The lowest BCUT2D eigenvalue weighted by Gasteiger charge is -2.49. The Kier molecular flexibility index (Phi) is 2.23. The van der Waals surface area contributed by atoms with Crippen molar-refractivity contribution >= 4 is 0 Å². The average Bonchev–Trinajstić information content (AvgIpc) is 2.43. The quantitative estimate of drug-likeness (QED) is 0.559. The summed E-state index contributed by atoms with van der Waals surface area (Å²) in [5.74, 6) is 0. The fraction of sp³-hybridized carbons (Fsp3) is 0.867. The van der Waals surface area contributed by atoms with Crippen molar-refractivity contribution in [2.75, 3.05) is 0 Å². The Hall–Kier alpha value is -0.300. The number of fused-ring (bicyclic) bond motifs is 1. The van der Waals surface area contributed by atoms with Crippen molar-refractivity contribution in [3.63, 3.8) is 0 Å². The fourth-order valence-corrected chi connectivity index (χ4v) is 4.02. The van der Waals surface area contributed by atoms with Gasteiger partial charge < -0.3 is 4.74 Å². The fourth-order valence-electron chi connectivity index (χ4n) is 4.02. The van der Waals surface area contributed by atoms with Crippen molar-refractivity contribution in [1.82, 2.24) is 0 Å². The summed E-state index contributed by atoms with van der Waals surface area (Å²) in [6.07, 6.45) is 0.650. The molecule has 0 aromatic carbocycles. The highest BCUT2D eigenvalue weighted by atomic mass is 16.5. The standard InChI is InChI=1S/C15H26O/c1-9-10(2)13(4,5)15(8)12(9)16-11(3)14(15,6)7/h11-12H,1-8H3/t11?,12-,15-/m1/s1. The molecule has 2 aliphatic rings. The summed E-state index contributed by atoms with van der Waals surface area (Å²) in [6.45, 7) is 18.7. The van der Waals surface area contributed by atoms with Crippen molar-refractivity contribution < 1.29 is 4.74 Å². The predicted octanol–water partition coefficient (Wildman–Crippen LogP) is 4.18. The number of ether oxygens (including phenoxy) is 1. The van der Waals surface area contributed by atoms with Crippen LogP contribution in [0.5, 0.6) is 0 Å². The van der Waals surface area contributed by atoms with Gasteiger partial charge in [-0.2, -0.15) is 0 Å². The Morgan fingerprint density at radius 1 is 1.00 bits per heavy atom. The summed E-state index contributed by atoms with van der Waals surface area (Å²) in [5.41, 5.74) is 3.66. The highest BCUT2D eigenvalue weighted by Crippen LogP contribution is 2.68. The van der Waals surface area contributed by atoms with Gasteiger partial charge in [-0.25, -0.2) is 0 Å². The van der Waals surface area contributed by atoms with Crippen molar-refractivity contribution in [3.8, 4) is 0 Å². The first kappa shape index (κ1) is 12.2. The normalized spacial score (nSPS) is 45.0. The maximum absolute atomic E-state index is 6.26. The second-order valence-electron chi connectivity index (χ2n) is 7.02. The molecule has 2 rings (SSSR count). The first-order valence-electron chi connectivity index (χ1n) is 6.41. The SMILES string of the molecule is CC1=C(C)C(C)(C)[C@@]2(C)[C@@H]1OC(C)C2(C)C. The average molecular weight is 222 g/mol. The third-order valence-corrected chi connectivity index (χ3v) is 6.44. The molecule has 1 nitrogen and oxygen atoms in total. The van der Waals surface area contributed by atoms with Gasteiger partial charge in [0.15, 0.2) is 0 Å². The topological polar surface area (TPSA) is 9.23 Å². The van der Waals surface area contributed by atoms with Crippen LogP contribution < -0.4 is 0 Å². The Morgan fingerprint density at radius 3 is 1.94 bits per heavy atom. The summed E-state index contributed by atoms with van der Waals surface area (Å²) < 4.78 is 6.26. The maximum Gasteiger partial charge on any atom is 0.0856 e. The van der Waals surface area contributed by atoms with E-state index in [0.717, 1.165) is 0 Å². The molecule has 16 heavy (non-hydrogen) atoms. The molecule has 0 aromatic rings. The predicted molar refractivity (Wildman–Crippen MR) is 68.4 cm³/mol. The zero-order valence-electron chi connectivity index (χ0n) is 12.1. The lowest BCUT2D eigenvalue weighted by Crippen LogP contribution is -2.48. The number of hydrogen-bond donors (Lipinski definition) is 0. The third-order valence-electron chi connectivity index (χ3n) is 6.44. The van der Waals surface area contributed by atoms with Crippen LogP contribution in [0.3, 0.4) is 0 Å². The van der Waals surface area contributed by atoms with Crippen molar-refractivity contribution in [1.29, 1.82) is 0 Å². The molecular weight excluding hydrogens is 196 g/mol. The molecule has 3 atom stereocenters. The second kappa shape index (κ2) is 2.93. The molecular formula is C15H26O. The summed E-state index contributed by atoms with van der Waals surface area (Å²) in [5, 5.41) is 0. The smallest absolute Gasteiger partial charge is 0.0856 e.